The molecular formula is C25H43N7. The summed E-state index contributed by atoms with van der Waals surface area (Å²) in [6, 6.07) is 0. The van der Waals surface area contributed by atoms with Crippen molar-refractivity contribution in [1.29, 1.82) is 0 Å². The van der Waals surface area contributed by atoms with Gasteiger partial charge in [-0.15, -0.1) is 16.6 Å². The maximum atomic E-state index is 5.60. The minimum atomic E-state index is 0.550. The zero-order valence-corrected chi connectivity index (χ0v) is 20.4. The van der Waals surface area contributed by atoms with Crippen LogP contribution in [0.2, 0.25) is 0 Å². The molecule has 0 radical (unpaired) electrons. The first-order chi connectivity index (χ1) is 15.7. The van der Waals surface area contributed by atoms with E-state index in [4.69, 9.17) is 6.42 Å². The Bertz CT molecular complexity index is 702. The smallest absolute Gasteiger partial charge is 0.0967 e. The van der Waals surface area contributed by atoms with Gasteiger partial charge in [0, 0.05) is 38.6 Å². The summed E-state index contributed by atoms with van der Waals surface area (Å²) < 4.78 is 3.92. The van der Waals surface area contributed by atoms with Gasteiger partial charge in [-0.25, -0.2) is 0 Å². The van der Waals surface area contributed by atoms with Crippen LogP contribution in [0.1, 0.15) is 102 Å². The number of hydrogen-bond donors (Lipinski definition) is 0. The Balaban J connectivity index is 1.73. The average Bonchev–Trinajstić information content (AvgIpc) is 3.42. The summed E-state index contributed by atoms with van der Waals surface area (Å²) >= 11 is 0. The topological polar surface area (TPSA) is 64.7 Å². The van der Waals surface area contributed by atoms with Crippen molar-refractivity contribution < 1.29 is 0 Å². The number of nitrogens with zero attached hydrogens (tertiary/aromatic N) is 7. The second-order valence-corrected chi connectivity index (χ2v) is 8.83. The fourth-order valence-electron chi connectivity index (χ4n) is 3.90. The quantitative estimate of drug-likeness (QED) is 0.221. The van der Waals surface area contributed by atoms with E-state index in [1.807, 2.05) is 21.8 Å². The summed E-state index contributed by atoms with van der Waals surface area (Å²) in [5, 5.41) is 17.3. The van der Waals surface area contributed by atoms with Gasteiger partial charge in [-0.3, -0.25) is 14.3 Å². The summed E-state index contributed by atoms with van der Waals surface area (Å²) in [7, 11) is 0. The van der Waals surface area contributed by atoms with Crippen LogP contribution in [-0.4, -0.2) is 41.4 Å². The van der Waals surface area contributed by atoms with Gasteiger partial charge in [-0.05, 0) is 12.8 Å². The largest absolute Gasteiger partial charge is 0.280 e. The molecule has 178 valence electrons. The van der Waals surface area contributed by atoms with E-state index in [0.717, 1.165) is 37.3 Å². The molecule has 0 unspecified atom stereocenters. The highest BCUT2D eigenvalue weighted by atomic mass is 15.4. The van der Waals surface area contributed by atoms with Crippen molar-refractivity contribution in [2.75, 3.05) is 6.54 Å². The number of terminal acetylenes is 1. The first-order valence-electron chi connectivity index (χ1n) is 12.7. The standard InChI is InChI=1S/C25H43N7/c1-4-7-9-11-13-15-18-31-22-24(26-28-31)20-30(17-6-3)21-25-23-32(29-27-25)19-16-14-12-10-8-5-2/h3,22-23H,4-5,7-21H2,1-2H3. The van der Waals surface area contributed by atoms with E-state index in [0.29, 0.717) is 19.6 Å². The van der Waals surface area contributed by atoms with Crippen molar-refractivity contribution in [3.05, 3.63) is 23.8 Å². The molecular weight excluding hydrogens is 398 g/mol. The highest BCUT2D eigenvalue weighted by Gasteiger charge is 2.11. The van der Waals surface area contributed by atoms with E-state index in [1.165, 1.54) is 64.2 Å². The maximum absolute atomic E-state index is 5.60. The molecule has 0 spiro atoms. The molecule has 0 atom stereocenters. The molecule has 7 nitrogen and oxygen atoms in total. The van der Waals surface area contributed by atoms with Gasteiger partial charge in [0.1, 0.15) is 0 Å². The van der Waals surface area contributed by atoms with E-state index in [-0.39, 0.29) is 0 Å². The molecule has 0 aliphatic rings. The molecule has 0 aliphatic carbocycles. The Morgan fingerprint density at radius 2 is 1.16 bits per heavy atom. The molecule has 0 bridgehead atoms. The van der Waals surface area contributed by atoms with Gasteiger partial charge in [0.05, 0.1) is 17.9 Å². The Hall–Kier alpha value is -2.20. The first kappa shape index (κ1) is 26.1. The third-order valence-corrected chi connectivity index (χ3v) is 5.74. The van der Waals surface area contributed by atoms with Crippen LogP contribution < -0.4 is 0 Å². The van der Waals surface area contributed by atoms with Crippen molar-refractivity contribution >= 4 is 0 Å². The lowest BCUT2D eigenvalue weighted by Crippen LogP contribution is -2.23. The number of unbranched alkanes of at least 4 members (excludes halogenated alkanes) is 10. The molecule has 0 N–H and O–H groups in total. The Labute approximate surface area is 195 Å². The third-order valence-electron chi connectivity index (χ3n) is 5.74. The van der Waals surface area contributed by atoms with Crippen LogP contribution in [0.25, 0.3) is 0 Å². The summed E-state index contributed by atoms with van der Waals surface area (Å²) in [5.74, 6) is 2.76. The summed E-state index contributed by atoms with van der Waals surface area (Å²) in [5.41, 5.74) is 1.90. The second kappa shape index (κ2) is 16.4. The Kier molecular flexibility index (Phi) is 13.4. The molecule has 2 rings (SSSR count). The van der Waals surface area contributed by atoms with Crippen molar-refractivity contribution in [1.82, 2.24) is 34.9 Å². The Morgan fingerprint density at radius 3 is 1.59 bits per heavy atom. The predicted octanol–water partition coefficient (Wildman–Crippen LogP) is 5.23. The normalized spacial score (nSPS) is 11.3. The van der Waals surface area contributed by atoms with Gasteiger partial charge in [0.2, 0.25) is 0 Å². The minimum Gasteiger partial charge on any atom is -0.280 e. The van der Waals surface area contributed by atoms with Gasteiger partial charge >= 0.3 is 0 Å². The average molecular weight is 442 g/mol. The van der Waals surface area contributed by atoms with Crippen LogP contribution in [0.5, 0.6) is 0 Å². The van der Waals surface area contributed by atoms with Crippen LogP contribution in [0.3, 0.4) is 0 Å². The highest BCUT2D eigenvalue weighted by molar-refractivity contribution is 4.99. The number of aryl methyl sites for hydroxylation is 2. The highest BCUT2D eigenvalue weighted by Crippen LogP contribution is 2.10. The molecule has 2 aromatic heterocycles. The third kappa shape index (κ3) is 10.9. The minimum absolute atomic E-state index is 0.550. The first-order valence-corrected chi connectivity index (χ1v) is 12.7. The van der Waals surface area contributed by atoms with Crippen LogP contribution in [0.15, 0.2) is 12.4 Å². The number of aromatic nitrogens is 6. The van der Waals surface area contributed by atoms with Crippen LogP contribution in [0.4, 0.5) is 0 Å². The van der Waals surface area contributed by atoms with E-state index in [2.05, 4.69) is 45.3 Å². The van der Waals surface area contributed by atoms with Gasteiger partial charge in [-0.2, -0.15) is 0 Å². The zero-order valence-electron chi connectivity index (χ0n) is 20.4. The fourth-order valence-corrected chi connectivity index (χ4v) is 3.90. The lowest BCUT2D eigenvalue weighted by molar-refractivity contribution is 0.283. The van der Waals surface area contributed by atoms with Gasteiger partial charge in [-0.1, -0.05) is 94.4 Å². The van der Waals surface area contributed by atoms with Crippen LogP contribution >= 0.6 is 0 Å². The Morgan fingerprint density at radius 1 is 0.719 bits per heavy atom. The van der Waals surface area contributed by atoms with E-state index >= 15 is 0 Å². The van der Waals surface area contributed by atoms with Crippen LogP contribution in [-0.2, 0) is 26.2 Å². The molecule has 0 saturated carbocycles. The summed E-state index contributed by atoms with van der Waals surface area (Å²) in [4.78, 5) is 2.16. The number of hydrogen-bond acceptors (Lipinski definition) is 5. The lowest BCUT2D eigenvalue weighted by atomic mass is 10.1. The zero-order chi connectivity index (χ0) is 22.9. The van der Waals surface area contributed by atoms with E-state index in [9.17, 15) is 0 Å². The molecule has 2 heterocycles. The van der Waals surface area contributed by atoms with Gasteiger partial charge in [0.15, 0.2) is 0 Å². The van der Waals surface area contributed by atoms with E-state index < -0.39 is 0 Å². The number of rotatable bonds is 19. The molecule has 0 fully saturated rings. The van der Waals surface area contributed by atoms with Crippen LogP contribution in [0, 0.1) is 12.3 Å². The lowest BCUT2D eigenvalue weighted by Gasteiger charge is -2.16. The van der Waals surface area contributed by atoms with Crippen molar-refractivity contribution in [3.8, 4) is 12.3 Å². The van der Waals surface area contributed by atoms with Crippen molar-refractivity contribution in [3.63, 3.8) is 0 Å². The molecule has 0 aliphatic heterocycles. The summed E-state index contributed by atoms with van der Waals surface area (Å²) in [6.45, 7) is 8.25. The molecule has 0 saturated heterocycles. The molecule has 7 heteroatoms. The SMILES string of the molecule is C#CCN(Cc1cn(CCCCCCCC)nn1)Cc1cn(CCCCCCCC)nn1. The molecule has 32 heavy (non-hydrogen) atoms. The second-order valence-electron chi connectivity index (χ2n) is 8.83. The molecule has 2 aromatic rings. The van der Waals surface area contributed by atoms with Gasteiger partial charge in [0.25, 0.3) is 0 Å². The van der Waals surface area contributed by atoms with Gasteiger partial charge < -0.3 is 0 Å². The van der Waals surface area contributed by atoms with Crippen molar-refractivity contribution in [2.45, 2.75) is 117 Å². The predicted molar refractivity (Wildman–Crippen MR) is 130 cm³/mol. The monoisotopic (exact) mass is 441 g/mol. The molecule has 0 aromatic carbocycles. The van der Waals surface area contributed by atoms with Crippen molar-refractivity contribution in [2.24, 2.45) is 0 Å². The van der Waals surface area contributed by atoms with E-state index in [1.54, 1.807) is 0 Å². The summed E-state index contributed by atoms with van der Waals surface area (Å²) in [6.07, 6.45) is 25.1. The fraction of sp³-hybridized carbons (Fsp3) is 0.760. The molecule has 0 amide bonds. The maximum Gasteiger partial charge on any atom is 0.0967 e.